The molecule has 0 saturated carbocycles. The van der Waals surface area contributed by atoms with Crippen LogP contribution in [0.5, 0.6) is 0 Å². The fourth-order valence-electron chi connectivity index (χ4n) is 0.357. The normalized spacial score (nSPS) is 13.4. The van der Waals surface area contributed by atoms with Crippen molar-refractivity contribution in [3.63, 3.8) is 0 Å². The summed E-state index contributed by atoms with van der Waals surface area (Å²) >= 11 is 7.27. The van der Waals surface area contributed by atoms with Crippen LogP contribution in [0, 0.1) is 0 Å². The SMILES string of the molecule is CCC(C)(C)SCSP(O)(O)=S. The third kappa shape index (κ3) is 7.90. The van der Waals surface area contributed by atoms with Crippen LogP contribution in [0.2, 0.25) is 0 Å². The van der Waals surface area contributed by atoms with Crippen molar-refractivity contribution in [3.8, 4) is 0 Å². The molecule has 0 aliphatic rings. The van der Waals surface area contributed by atoms with Crippen molar-refractivity contribution in [1.29, 1.82) is 0 Å². The Morgan fingerprint density at radius 3 is 2.25 bits per heavy atom. The van der Waals surface area contributed by atoms with Crippen molar-refractivity contribution >= 4 is 40.6 Å². The molecule has 0 atom stereocenters. The first-order valence-electron chi connectivity index (χ1n) is 3.61. The van der Waals surface area contributed by atoms with Gasteiger partial charge < -0.3 is 9.79 Å². The van der Waals surface area contributed by atoms with Crippen LogP contribution in [0.3, 0.4) is 0 Å². The molecule has 2 N–H and O–H groups in total. The van der Waals surface area contributed by atoms with Gasteiger partial charge in [0.25, 0.3) is 0 Å². The number of hydrogen-bond donors (Lipinski definition) is 2. The van der Waals surface area contributed by atoms with Gasteiger partial charge in [-0.3, -0.25) is 0 Å². The Labute approximate surface area is 87.4 Å². The Balaban J connectivity index is 3.64. The minimum atomic E-state index is -3.03. The quantitative estimate of drug-likeness (QED) is 0.576. The molecule has 0 bridgehead atoms. The zero-order chi connectivity index (χ0) is 9.83. The van der Waals surface area contributed by atoms with Crippen LogP contribution in [-0.2, 0) is 11.8 Å². The zero-order valence-corrected chi connectivity index (χ0v) is 10.8. The van der Waals surface area contributed by atoms with Crippen molar-refractivity contribution in [2.45, 2.75) is 31.9 Å². The summed E-state index contributed by atoms with van der Waals surface area (Å²) in [6.45, 7) is 6.39. The van der Waals surface area contributed by atoms with Crippen molar-refractivity contribution in [2.24, 2.45) is 0 Å². The molecule has 0 aliphatic carbocycles. The van der Waals surface area contributed by atoms with Gasteiger partial charge in [-0.25, -0.2) is 0 Å². The summed E-state index contributed by atoms with van der Waals surface area (Å²) in [6.07, 6.45) is 1.07. The van der Waals surface area contributed by atoms with E-state index >= 15 is 0 Å². The Hall–Kier alpha value is 1.27. The molecular formula is C6H15O2PS3. The lowest BCUT2D eigenvalue weighted by Gasteiger charge is -2.21. The molecule has 0 amide bonds. The first-order chi connectivity index (χ1) is 5.27. The van der Waals surface area contributed by atoms with Gasteiger partial charge in [0.2, 0.25) is 5.69 Å². The minimum Gasteiger partial charge on any atom is -0.338 e. The average Bonchev–Trinajstić information content (AvgIpc) is 1.84. The predicted molar refractivity (Wildman–Crippen MR) is 63.1 cm³/mol. The van der Waals surface area contributed by atoms with Crippen molar-refractivity contribution in [1.82, 2.24) is 0 Å². The van der Waals surface area contributed by atoms with Crippen molar-refractivity contribution in [3.05, 3.63) is 0 Å². The van der Waals surface area contributed by atoms with Gasteiger partial charge >= 0.3 is 0 Å². The van der Waals surface area contributed by atoms with Gasteiger partial charge in [0, 0.05) is 9.83 Å². The Kier molecular flexibility index (Phi) is 5.78. The van der Waals surface area contributed by atoms with Crippen LogP contribution < -0.4 is 0 Å². The van der Waals surface area contributed by atoms with Gasteiger partial charge in [-0.2, -0.15) is 0 Å². The summed E-state index contributed by atoms with van der Waals surface area (Å²) < 4.78 is 0.206. The van der Waals surface area contributed by atoms with E-state index in [4.69, 9.17) is 9.79 Å². The highest BCUT2D eigenvalue weighted by atomic mass is 32.9. The summed E-state index contributed by atoms with van der Waals surface area (Å²) in [5.74, 6) is 0. The van der Waals surface area contributed by atoms with E-state index in [0.717, 1.165) is 17.8 Å². The first kappa shape index (κ1) is 13.3. The standard InChI is InChI=1S/C6H15O2PS3/c1-4-6(2,3)11-5-12-9(7,8)10/h4-5H2,1-3H3,(H2,7,8,10). The molecule has 0 fully saturated rings. The summed E-state index contributed by atoms with van der Waals surface area (Å²) in [6, 6.07) is 0. The summed E-state index contributed by atoms with van der Waals surface area (Å²) in [7, 11) is 0. The van der Waals surface area contributed by atoms with Gasteiger partial charge in [0.05, 0.1) is 0 Å². The van der Waals surface area contributed by atoms with Gasteiger partial charge in [0.1, 0.15) is 0 Å². The first-order valence-corrected chi connectivity index (χ1v) is 8.89. The van der Waals surface area contributed by atoms with Crippen LogP contribution >= 0.6 is 28.8 Å². The fourth-order valence-corrected chi connectivity index (χ4v) is 5.47. The third-order valence-corrected chi connectivity index (χ3v) is 6.73. The molecule has 74 valence electrons. The van der Waals surface area contributed by atoms with E-state index in [1.807, 2.05) is 0 Å². The molecule has 0 aromatic heterocycles. The molecular weight excluding hydrogens is 231 g/mol. The van der Waals surface area contributed by atoms with E-state index in [-0.39, 0.29) is 4.75 Å². The van der Waals surface area contributed by atoms with Crippen LogP contribution in [0.25, 0.3) is 0 Å². The molecule has 6 heteroatoms. The Bertz CT molecular complexity index is 178. The Morgan fingerprint density at radius 2 is 1.92 bits per heavy atom. The molecule has 0 rings (SSSR count). The van der Waals surface area contributed by atoms with Crippen LogP contribution in [0.4, 0.5) is 0 Å². The number of rotatable bonds is 5. The van der Waals surface area contributed by atoms with E-state index in [9.17, 15) is 0 Å². The van der Waals surface area contributed by atoms with E-state index in [2.05, 4.69) is 32.6 Å². The van der Waals surface area contributed by atoms with E-state index in [0.29, 0.717) is 5.08 Å². The second-order valence-electron chi connectivity index (χ2n) is 3.00. The lowest BCUT2D eigenvalue weighted by atomic mass is 10.1. The highest BCUT2D eigenvalue weighted by Crippen LogP contribution is 2.53. The molecule has 0 aromatic rings. The molecule has 0 saturated heterocycles. The topological polar surface area (TPSA) is 40.5 Å². The second-order valence-corrected chi connectivity index (χ2v) is 11.1. The lowest BCUT2D eigenvalue weighted by molar-refractivity contribution is 0.502. The van der Waals surface area contributed by atoms with E-state index in [1.54, 1.807) is 11.8 Å². The highest BCUT2D eigenvalue weighted by molar-refractivity contribution is 8.69. The smallest absolute Gasteiger partial charge is 0.242 e. The molecule has 0 spiro atoms. The van der Waals surface area contributed by atoms with Gasteiger partial charge in [0.15, 0.2) is 0 Å². The third-order valence-electron chi connectivity index (χ3n) is 1.52. The van der Waals surface area contributed by atoms with E-state index in [1.165, 1.54) is 0 Å². The average molecular weight is 246 g/mol. The highest BCUT2D eigenvalue weighted by Gasteiger charge is 2.17. The molecule has 0 unspecified atom stereocenters. The summed E-state index contributed by atoms with van der Waals surface area (Å²) in [4.78, 5) is 17.8. The predicted octanol–water partition coefficient (Wildman–Crippen LogP) is 2.81. The monoisotopic (exact) mass is 246 g/mol. The van der Waals surface area contributed by atoms with Gasteiger partial charge in [-0.15, -0.1) is 11.8 Å². The maximum Gasteiger partial charge on any atom is 0.242 e. The summed E-state index contributed by atoms with van der Waals surface area (Å²) in [5, 5.41) is 0.658. The maximum atomic E-state index is 8.92. The zero-order valence-electron chi connectivity index (χ0n) is 7.48. The molecule has 2 nitrogen and oxygen atoms in total. The van der Waals surface area contributed by atoms with Gasteiger partial charge in [-0.1, -0.05) is 32.2 Å². The summed E-state index contributed by atoms with van der Waals surface area (Å²) in [5.41, 5.74) is -3.03. The maximum absolute atomic E-state index is 8.92. The van der Waals surface area contributed by atoms with E-state index < -0.39 is 5.69 Å². The second kappa shape index (κ2) is 5.23. The van der Waals surface area contributed by atoms with Crippen molar-refractivity contribution in [2.75, 3.05) is 5.08 Å². The van der Waals surface area contributed by atoms with Crippen LogP contribution in [-0.4, -0.2) is 19.6 Å². The molecule has 0 aliphatic heterocycles. The minimum absolute atomic E-state index is 0.206. The van der Waals surface area contributed by atoms with Crippen molar-refractivity contribution < 1.29 is 9.79 Å². The Morgan fingerprint density at radius 1 is 1.42 bits per heavy atom. The number of hydrogen-bond acceptors (Lipinski definition) is 3. The van der Waals surface area contributed by atoms with Crippen LogP contribution in [0.1, 0.15) is 27.2 Å². The lowest BCUT2D eigenvalue weighted by Crippen LogP contribution is -2.12. The number of thioether (sulfide) groups is 1. The largest absolute Gasteiger partial charge is 0.338 e. The molecule has 0 aromatic carbocycles. The molecule has 0 heterocycles. The van der Waals surface area contributed by atoms with Gasteiger partial charge in [-0.05, 0) is 18.2 Å². The molecule has 12 heavy (non-hydrogen) atoms. The molecule has 0 radical (unpaired) electrons. The van der Waals surface area contributed by atoms with Crippen LogP contribution in [0.15, 0.2) is 0 Å². The fraction of sp³-hybridized carbons (Fsp3) is 1.00.